The van der Waals surface area contributed by atoms with Crippen LogP contribution < -0.4 is 10.5 Å². The molecule has 0 aliphatic heterocycles. The van der Waals surface area contributed by atoms with Crippen LogP contribution in [-0.4, -0.2) is 40.5 Å². The quantitative estimate of drug-likeness (QED) is 0.791. The third kappa shape index (κ3) is 5.35. The molecule has 0 unspecified atom stereocenters. The number of nitrogens with one attached hydrogen (secondary N) is 1. The second-order valence-corrected chi connectivity index (χ2v) is 7.95. The second-order valence-electron chi connectivity index (χ2n) is 6.18. The minimum Gasteiger partial charge on any atom is -0.326 e. The standard InChI is InChI=1S/C14H24FN3O2S/c1-14(2,10-18(3)4)9-17-21(19,20)12-5-6-13(15)11(7-12)8-16/h5-7,17H,8-10,16H2,1-4H3. The largest absolute Gasteiger partial charge is 0.326 e. The molecule has 1 aromatic carbocycles. The van der Waals surface area contributed by atoms with Gasteiger partial charge in [-0.2, -0.15) is 0 Å². The van der Waals surface area contributed by atoms with Gasteiger partial charge in [0.05, 0.1) is 4.90 Å². The van der Waals surface area contributed by atoms with E-state index in [1.54, 1.807) is 0 Å². The van der Waals surface area contributed by atoms with Gasteiger partial charge in [0.25, 0.3) is 0 Å². The Morgan fingerprint density at radius 3 is 2.48 bits per heavy atom. The van der Waals surface area contributed by atoms with Gasteiger partial charge in [-0.3, -0.25) is 0 Å². The summed E-state index contributed by atoms with van der Waals surface area (Å²) in [4.78, 5) is 2.03. The SMILES string of the molecule is CN(C)CC(C)(C)CNS(=O)(=O)c1ccc(F)c(CN)c1. The Balaban J connectivity index is 2.87. The highest BCUT2D eigenvalue weighted by atomic mass is 32.2. The van der Waals surface area contributed by atoms with Gasteiger partial charge in [0.15, 0.2) is 0 Å². The number of rotatable bonds is 7. The Labute approximate surface area is 126 Å². The molecule has 0 bridgehead atoms. The first-order valence-corrected chi connectivity index (χ1v) is 8.18. The third-order valence-corrected chi connectivity index (χ3v) is 4.43. The van der Waals surface area contributed by atoms with Gasteiger partial charge in [-0.15, -0.1) is 0 Å². The predicted molar refractivity (Wildman–Crippen MR) is 81.8 cm³/mol. The van der Waals surface area contributed by atoms with Gasteiger partial charge >= 0.3 is 0 Å². The maximum absolute atomic E-state index is 13.4. The van der Waals surface area contributed by atoms with Gasteiger partial charge in [0, 0.05) is 25.2 Å². The van der Waals surface area contributed by atoms with E-state index in [4.69, 9.17) is 5.73 Å². The molecule has 0 fully saturated rings. The van der Waals surface area contributed by atoms with E-state index in [0.717, 1.165) is 12.6 Å². The van der Waals surface area contributed by atoms with Gasteiger partial charge in [-0.1, -0.05) is 13.8 Å². The van der Waals surface area contributed by atoms with E-state index in [9.17, 15) is 12.8 Å². The van der Waals surface area contributed by atoms with E-state index in [1.807, 2.05) is 32.8 Å². The Bertz CT molecular complexity index is 586. The lowest BCUT2D eigenvalue weighted by molar-refractivity contribution is 0.242. The van der Waals surface area contributed by atoms with E-state index < -0.39 is 15.8 Å². The maximum atomic E-state index is 13.4. The summed E-state index contributed by atoms with van der Waals surface area (Å²) >= 11 is 0. The average molecular weight is 317 g/mol. The molecule has 7 heteroatoms. The highest BCUT2D eigenvalue weighted by molar-refractivity contribution is 7.89. The highest BCUT2D eigenvalue weighted by Gasteiger charge is 2.23. The normalized spacial score (nSPS) is 12.9. The van der Waals surface area contributed by atoms with Crippen molar-refractivity contribution in [3.05, 3.63) is 29.6 Å². The van der Waals surface area contributed by atoms with Gasteiger partial charge in [-0.05, 0) is 37.7 Å². The van der Waals surface area contributed by atoms with Crippen LogP contribution in [-0.2, 0) is 16.6 Å². The van der Waals surface area contributed by atoms with Crippen LogP contribution in [0.2, 0.25) is 0 Å². The molecule has 0 aromatic heterocycles. The van der Waals surface area contributed by atoms with E-state index >= 15 is 0 Å². The van der Waals surface area contributed by atoms with Gasteiger partial charge in [0.1, 0.15) is 5.82 Å². The molecule has 1 rings (SSSR count). The van der Waals surface area contributed by atoms with Crippen molar-refractivity contribution in [1.29, 1.82) is 0 Å². The van der Waals surface area contributed by atoms with Gasteiger partial charge in [-0.25, -0.2) is 17.5 Å². The fourth-order valence-electron chi connectivity index (χ4n) is 2.16. The molecule has 0 saturated heterocycles. The van der Waals surface area contributed by atoms with Crippen molar-refractivity contribution in [1.82, 2.24) is 9.62 Å². The van der Waals surface area contributed by atoms with Crippen molar-refractivity contribution in [2.45, 2.75) is 25.3 Å². The van der Waals surface area contributed by atoms with Crippen LogP contribution >= 0.6 is 0 Å². The first-order valence-electron chi connectivity index (χ1n) is 6.70. The lowest BCUT2D eigenvalue weighted by Crippen LogP contribution is -2.39. The summed E-state index contributed by atoms with van der Waals surface area (Å²) < 4.78 is 40.5. The number of sulfonamides is 1. The molecule has 3 N–H and O–H groups in total. The fourth-order valence-corrected chi connectivity index (χ4v) is 3.45. The van der Waals surface area contributed by atoms with Crippen LogP contribution in [0, 0.1) is 11.2 Å². The van der Waals surface area contributed by atoms with Crippen LogP contribution in [0.3, 0.4) is 0 Å². The monoisotopic (exact) mass is 317 g/mol. The Hall–Kier alpha value is -1.02. The fraction of sp³-hybridized carbons (Fsp3) is 0.571. The first kappa shape index (κ1) is 18.0. The average Bonchev–Trinajstić information content (AvgIpc) is 2.35. The molecule has 0 saturated carbocycles. The zero-order valence-electron chi connectivity index (χ0n) is 13.0. The smallest absolute Gasteiger partial charge is 0.240 e. The van der Waals surface area contributed by atoms with E-state index in [-0.39, 0.29) is 22.4 Å². The summed E-state index contributed by atoms with van der Waals surface area (Å²) in [6.07, 6.45) is 0. The summed E-state index contributed by atoms with van der Waals surface area (Å²) in [7, 11) is 0.199. The van der Waals surface area contributed by atoms with Crippen LogP contribution in [0.15, 0.2) is 23.1 Å². The molecule has 0 spiro atoms. The van der Waals surface area contributed by atoms with Gasteiger partial charge < -0.3 is 10.6 Å². The predicted octanol–water partition coefficient (Wildman–Crippen LogP) is 1.15. The topological polar surface area (TPSA) is 75.4 Å². The molecule has 5 nitrogen and oxygen atoms in total. The molecular weight excluding hydrogens is 293 g/mol. The highest BCUT2D eigenvalue weighted by Crippen LogP contribution is 2.18. The zero-order chi connectivity index (χ0) is 16.3. The molecule has 21 heavy (non-hydrogen) atoms. The molecule has 1 aromatic rings. The summed E-state index contributed by atoms with van der Waals surface area (Å²) in [6, 6.07) is 3.65. The molecule has 0 atom stereocenters. The van der Waals surface area contributed by atoms with Gasteiger partial charge in [0.2, 0.25) is 10.0 Å². The molecule has 0 aliphatic rings. The van der Waals surface area contributed by atoms with Crippen molar-refractivity contribution in [3.8, 4) is 0 Å². The number of benzene rings is 1. The molecule has 120 valence electrons. The number of hydrogen-bond acceptors (Lipinski definition) is 4. The Morgan fingerprint density at radius 1 is 1.33 bits per heavy atom. The van der Waals surface area contributed by atoms with Crippen LogP contribution in [0.4, 0.5) is 4.39 Å². The minimum atomic E-state index is -3.67. The zero-order valence-corrected chi connectivity index (χ0v) is 13.8. The molecule has 0 heterocycles. The van der Waals surface area contributed by atoms with E-state index in [0.29, 0.717) is 6.54 Å². The summed E-state index contributed by atoms with van der Waals surface area (Å²) in [5.41, 5.74) is 5.37. The first-order chi connectivity index (χ1) is 9.57. The number of nitrogens with zero attached hydrogens (tertiary/aromatic N) is 1. The second kappa shape index (κ2) is 6.83. The molecular formula is C14H24FN3O2S. The summed E-state index contributed by atoms with van der Waals surface area (Å²) in [6.45, 7) is 4.95. The van der Waals surface area contributed by atoms with Crippen molar-refractivity contribution in [2.75, 3.05) is 27.2 Å². The molecule has 0 radical (unpaired) electrons. The van der Waals surface area contributed by atoms with E-state index in [2.05, 4.69) is 4.72 Å². The lowest BCUT2D eigenvalue weighted by atomic mass is 9.93. The van der Waals surface area contributed by atoms with Crippen LogP contribution in [0.1, 0.15) is 19.4 Å². The Morgan fingerprint density at radius 2 is 1.95 bits per heavy atom. The van der Waals surface area contributed by atoms with E-state index in [1.165, 1.54) is 12.1 Å². The van der Waals surface area contributed by atoms with Crippen LogP contribution in [0.5, 0.6) is 0 Å². The number of hydrogen-bond donors (Lipinski definition) is 2. The van der Waals surface area contributed by atoms with Crippen molar-refractivity contribution < 1.29 is 12.8 Å². The van der Waals surface area contributed by atoms with Crippen molar-refractivity contribution in [3.63, 3.8) is 0 Å². The lowest BCUT2D eigenvalue weighted by Gasteiger charge is -2.28. The minimum absolute atomic E-state index is 0.0324. The number of nitrogens with two attached hydrogens (primary N) is 1. The maximum Gasteiger partial charge on any atom is 0.240 e. The summed E-state index contributed by atoms with van der Waals surface area (Å²) in [5, 5.41) is 0. The Kier molecular flexibility index (Phi) is 5.86. The third-order valence-electron chi connectivity index (χ3n) is 3.03. The van der Waals surface area contributed by atoms with Crippen molar-refractivity contribution >= 4 is 10.0 Å². The molecule has 0 amide bonds. The van der Waals surface area contributed by atoms with Crippen molar-refractivity contribution in [2.24, 2.45) is 11.1 Å². The number of halogens is 1. The molecule has 0 aliphatic carbocycles. The van der Waals surface area contributed by atoms with Crippen LogP contribution in [0.25, 0.3) is 0 Å². The summed E-state index contributed by atoms with van der Waals surface area (Å²) in [5.74, 6) is -0.496.